The lowest BCUT2D eigenvalue weighted by Gasteiger charge is -2.08. The minimum absolute atomic E-state index is 0.159. The summed E-state index contributed by atoms with van der Waals surface area (Å²) in [6, 6.07) is 13.9. The first kappa shape index (κ1) is 19.5. The molecule has 0 unspecified atom stereocenters. The molecule has 2 aromatic carbocycles. The molecule has 2 amide bonds. The number of carbonyl (C=O) groups excluding carboxylic acids is 2. The molecule has 0 heterocycles. The van der Waals surface area contributed by atoms with Gasteiger partial charge in [-0.05, 0) is 55.0 Å². The Kier molecular flexibility index (Phi) is 7.68. The Balaban J connectivity index is 1.86. The third-order valence-corrected chi connectivity index (χ3v) is 4.02. The Morgan fingerprint density at radius 3 is 2.08 bits per heavy atom. The van der Waals surface area contributed by atoms with Crippen LogP contribution in [0, 0.1) is 0 Å². The molecule has 0 radical (unpaired) electrons. The van der Waals surface area contributed by atoms with E-state index < -0.39 is 0 Å². The number of benzene rings is 2. The number of unbranched alkanes of at least 4 members (excludes halogenated alkanes) is 3. The quantitative estimate of drug-likeness (QED) is 0.661. The average Bonchev–Trinajstić information content (AvgIpc) is 2.68. The summed E-state index contributed by atoms with van der Waals surface area (Å²) in [5, 5.41) is 5.38. The Morgan fingerprint density at radius 1 is 0.846 bits per heavy atom. The zero-order chi connectivity index (χ0) is 18.8. The second-order valence-corrected chi connectivity index (χ2v) is 6.04. The van der Waals surface area contributed by atoms with Gasteiger partial charge in [0, 0.05) is 23.9 Å². The van der Waals surface area contributed by atoms with Crippen LogP contribution in [0.2, 0.25) is 0 Å². The molecular weight excluding hydrogens is 328 g/mol. The fourth-order valence-electron chi connectivity index (χ4n) is 2.47. The van der Waals surface area contributed by atoms with Crippen molar-refractivity contribution in [1.29, 1.82) is 0 Å². The van der Waals surface area contributed by atoms with Crippen LogP contribution in [0.4, 0.5) is 5.69 Å². The average molecular weight is 354 g/mol. The minimum atomic E-state index is -0.202. The molecular formula is C21H26N2O3. The van der Waals surface area contributed by atoms with Crippen molar-refractivity contribution < 1.29 is 14.3 Å². The third kappa shape index (κ3) is 5.92. The van der Waals surface area contributed by atoms with Gasteiger partial charge in [-0.1, -0.05) is 26.2 Å². The van der Waals surface area contributed by atoms with Gasteiger partial charge >= 0.3 is 0 Å². The lowest BCUT2D eigenvalue weighted by molar-refractivity contribution is 0.0962. The van der Waals surface area contributed by atoms with Gasteiger partial charge in [0.2, 0.25) is 0 Å². The number of anilines is 1. The largest absolute Gasteiger partial charge is 0.494 e. The second kappa shape index (κ2) is 10.2. The van der Waals surface area contributed by atoms with Crippen LogP contribution in [-0.2, 0) is 0 Å². The van der Waals surface area contributed by atoms with Gasteiger partial charge in [-0.25, -0.2) is 0 Å². The first-order valence-corrected chi connectivity index (χ1v) is 9.00. The van der Waals surface area contributed by atoms with Gasteiger partial charge in [0.05, 0.1) is 6.61 Å². The van der Waals surface area contributed by atoms with E-state index in [-0.39, 0.29) is 11.8 Å². The number of hydrogen-bond acceptors (Lipinski definition) is 3. The van der Waals surface area contributed by atoms with E-state index in [9.17, 15) is 9.59 Å². The summed E-state index contributed by atoms with van der Waals surface area (Å²) >= 11 is 0. The van der Waals surface area contributed by atoms with Crippen molar-refractivity contribution in [2.24, 2.45) is 0 Å². The molecule has 0 saturated carbocycles. The number of amides is 2. The van der Waals surface area contributed by atoms with E-state index in [4.69, 9.17) is 4.74 Å². The topological polar surface area (TPSA) is 67.4 Å². The van der Waals surface area contributed by atoms with Crippen LogP contribution >= 0.6 is 0 Å². The van der Waals surface area contributed by atoms with Crippen molar-refractivity contribution >= 4 is 17.5 Å². The zero-order valence-corrected chi connectivity index (χ0v) is 15.4. The smallest absolute Gasteiger partial charge is 0.255 e. The molecule has 138 valence electrons. The lowest BCUT2D eigenvalue weighted by Crippen LogP contribution is -2.17. The Bertz CT molecular complexity index is 709. The maximum Gasteiger partial charge on any atom is 0.255 e. The molecule has 0 atom stereocenters. The van der Waals surface area contributed by atoms with Gasteiger partial charge in [0.15, 0.2) is 0 Å². The summed E-state index contributed by atoms with van der Waals surface area (Å²) in [6.45, 7) is 2.88. The van der Waals surface area contributed by atoms with E-state index in [1.807, 2.05) is 12.1 Å². The molecule has 5 heteroatoms. The summed E-state index contributed by atoms with van der Waals surface area (Å²) in [4.78, 5) is 23.8. The van der Waals surface area contributed by atoms with Crippen LogP contribution in [-0.4, -0.2) is 25.5 Å². The zero-order valence-electron chi connectivity index (χ0n) is 15.4. The van der Waals surface area contributed by atoms with Crippen LogP contribution in [0.25, 0.3) is 0 Å². The molecule has 0 fully saturated rings. The van der Waals surface area contributed by atoms with Crippen molar-refractivity contribution in [2.45, 2.75) is 32.6 Å². The molecule has 0 spiro atoms. The van der Waals surface area contributed by atoms with E-state index in [1.54, 1.807) is 43.4 Å². The number of rotatable bonds is 9. The Labute approximate surface area is 154 Å². The fourth-order valence-corrected chi connectivity index (χ4v) is 2.47. The normalized spacial score (nSPS) is 10.2. The molecule has 5 nitrogen and oxygen atoms in total. The molecule has 0 aliphatic carbocycles. The van der Waals surface area contributed by atoms with Crippen molar-refractivity contribution in [3.63, 3.8) is 0 Å². The van der Waals surface area contributed by atoms with Gasteiger partial charge in [0.25, 0.3) is 11.8 Å². The predicted octanol–water partition coefficient (Wildman–Crippen LogP) is 4.26. The summed E-state index contributed by atoms with van der Waals surface area (Å²) in [5.41, 5.74) is 1.74. The van der Waals surface area contributed by atoms with E-state index in [0.717, 1.165) is 12.2 Å². The van der Waals surface area contributed by atoms with Crippen LogP contribution < -0.4 is 15.4 Å². The molecule has 0 aliphatic rings. The SMILES string of the molecule is CCCCCCOc1ccc(C(=O)Nc2ccc(C(=O)NC)cc2)cc1. The molecule has 0 bridgehead atoms. The van der Waals surface area contributed by atoms with E-state index >= 15 is 0 Å². The minimum Gasteiger partial charge on any atom is -0.494 e. The second-order valence-electron chi connectivity index (χ2n) is 6.04. The monoisotopic (exact) mass is 354 g/mol. The summed E-state index contributed by atoms with van der Waals surface area (Å²) in [7, 11) is 1.58. The predicted molar refractivity (Wildman–Crippen MR) is 104 cm³/mol. The number of hydrogen-bond donors (Lipinski definition) is 2. The van der Waals surface area contributed by atoms with E-state index in [0.29, 0.717) is 23.4 Å². The van der Waals surface area contributed by atoms with E-state index in [1.165, 1.54) is 19.3 Å². The number of nitrogens with one attached hydrogen (secondary N) is 2. The highest BCUT2D eigenvalue weighted by Gasteiger charge is 2.08. The van der Waals surface area contributed by atoms with Crippen molar-refractivity contribution in [3.05, 3.63) is 59.7 Å². The maximum atomic E-state index is 12.3. The third-order valence-electron chi connectivity index (χ3n) is 4.02. The fraction of sp³-hybridized carbons (Fsp3) is 0.333. The van der Waals surface area contributed by atoms with Crippen LogP contribution in [0.3, 0.4) is 0 Å². The molecule has 26 heavy (non-hydrogen) atoms. The van der Waals surface area contributed by atoms with Crippen molar-refractivity contribution in [1.82, 2.24) is 5.32 Å². The molecule has 2 rings (SSSR count). The van der Waals surface area contributed by atoms with Gasteiger partial charge in [0.1, 0.15) is 5.75 Å². The molecule has 0 aromatic heterocycles. The van der Waals surface area contributed by atoms with Crippen molar-refractivity contribution in [3.8, 4) is 5.75 Å². The van der Waals surface area contributed by atoms with Crippen LogP contribution in [0.15, 0.2) is 48.5 Å². The standard InChI is InChI=1S/C21H26N2O3/c1-3-4-5-6-15-26-19-13-9-17(10-14-19)21(25)23-18-11-7-16(8-12-18)20(24)22-2/h7-14H,3-6,15H2,1-2H3,(H,22,24)(H,23,25). The van der Waals surface area contributed by atoms with Gasteiger partial charge in [-0.2, -0.15) is 0 Å². The van der Waals surface area contributed by atoms with Gasteiger partial charge in [-0.3, -0.25) is 9.59 Å². The lowest BCUT2D eigenvalue weighted by atomic mass is 10.1. The molecule has 2 N–H and O–H groups in total. The summed E-state index contributed by atoms with van der Waals surface area (Å²) < 4.78 is 5.68. The highest BCUT2D eigenvalue weighted by molar-refractivity contribution is 6.04. The van der Waals surface area contributed by atoms with Crippen LogP contribution in [0.5, 0.6) is 5.75 Å². The Hall–Kier alpha value is -2.82. The Morgan fingerprint density at radius 2 is 1.46 bits per heavy atom. The molecule has 0 aliphatic heterocycles. The summed E-state index contributed by atoms with van der Waals surface area (Å²) in [5.74, 6) is 0.410. The highest BCUT2D eigenvalue weighted by Crippen LogP contribution is 2.15. The first-order chi connectivity index (χ1) is 12.6. The summed E-state index contributed by atoms with van der Waals surface area (Å²) in [6.07, 6.45) is 4.66. The maximum absolute atomic E-state index is 12.3. The first-order valence-electron chi connectivity index (χ1n) is 9.00. The number of ether oxygens (including phenoxy) is 1. The van der Waals surface area contributed by atoms with Crippen LogP contribution in [0.1, 0.15) is 53.3 Å². The van der Waals surface area contributed by atoms with Gasteiger partial charge in [-0.15, -0.1) is 0 Å². The highest BCUT2D eigenvalue weighted by atomic mass is 16.5. The number of carbonyl (C=O) groups is 2. The molecule has 0 saturated heterocycles. The van der Waals surface area contributed by atoms with Crippen molar-refractivity contribution in [2.75, 3.05) is 19.0 Å². The van der Waals surface area contributed by atoms with Gasteiger partial charge < -0.3 is 15.4 Å². The molecule has 2 aromatic rings. The van der Waals surface area contributed by atoms with E-state index in [2.05, 4.69) is 17.6 Å².